The molecule has 1 aliphatic rings. The van der Waals surface area contributed by atoms with Crippen molar-refractivity contribution in [3.05, 3.63) is 27.9 Å². The van der Waals surface area contributed by atoms with Gasteiger partial charge in [-0.2, -0.15) is 0 Å². The van der Waals surface area contributed by atoms with Gasteiger partial charge in [0.15, 0.2) is 6.20 Å². The second-order valence-electron chi connectivity index (χ2n) is 4.52. The first kappa shape index (κ1) is 13.3. The predicted molar refractivity (Wildman–Crippen MR) is 68.5 cm³/mol. The molecule has 0 bridgehead atoms. The molecule has 2 rings (SSSR count). The van der Waals surface area contributed by atoms with Crippen molar-refractivity contribution in [3.8, 4) is 0 Å². The minimum Gasteiger partial charge on any atom is -0.478 e. The van der Waals surface area contributed by atoms with Crippen molar-refractivity contribution in [3.63, 3.8) is 0 Å². The van der Waals surface area contributed by atoms with Gasteiger partial charge in [-0.05, 0) is 22.7 Å². The second kappa shape index (κ2) is 5.64. The predicted octanol–water partition coefficient (Wildman–Crippen LogP) is 2.07. The highest BCUT2D eigenvalue weighted by molar-refractivity contribution is 5.94. The van der Waals surface area contributed by atoms with Crippen LogP contribution in [0.1, 0.15) is 36.0 Å². The van der Waals surface area contributed by atoms with Gasteiger partial charge in [0.25, 0.3) is 0 Å². The zero-order valence-corrected chi connectivity index (χ0v) is 10.4. The smallest absolute Gasteiger partial charge is 0.364 e. The van der Waals surface area contributed by atoms with Crippen LogP contribution in [0.2, 0.25) is 0 Å². The van der Waals surface area contributed by atoms with Crippen molar-refractivity contribution in [2.45, 2.75) is 25.7 Å². The molecule has 19 heavy (non-hydrogen) atoms. The van der Waals surface area contributed by atoms with Gasteiger partial charge < -0.3 is 20.1 Å². The van der Waals surface area contributed by atoms with Crippen molar-refractivity contribution < 1.29 is 14.8 Å². The number of carboxylic acid groups (broad SMARTS) is 1. The Morgan fingerprint density at radius 1 is 1.32 bits per heavy atom. The van der Waals surface area contributed by atoms with Crippen LogP contribution < -0.4 is 4.90 Å². The van der Waals surface area contributed by atoms with Gasteiger partial charge in [-0.15, -0.1) is 0 Å². The molecule has 0 saturated carbocycles. The molecular formula is C12H15N3O4. The van der Waals surface area contributed by atoms with Crippen molar-refractivity contribution in [1.29, 1.82) is 0 Å². The van der Waals surface area contributed by atoms with Crippen molar-refractivity contribution in [2.24, 2.45) is 0 Å². The number of aromatic nitrogens is 1. The fourth-order valence-corrected chi connectivity index (χ4v) is 2.27. The van der Waals surface area contributed by atoms with Crippen LogP contribution in [0.5, 0.6) is 0 Å². The molecule has 0 aliphatic carbocycles. The number of carboxylic acids is 1. The van der Waals surface area contributed by atoms with Crippen molar-refractivity contribution in [2.75, 3.05) is 18.0 Å². The number of rotatable bonds is 3. The maximum Gasteiger partial charge on any atom is 0.364 e. The summed E-state index contributed by atoms with van der Waals surface area (Å²) in [5.41, 5.74) is 0.420. The first-order valence-electron chi connectivity index (χ1n) is 6.22. The Morgan fingerprint density at radius 2 is 1.95 bits per heavy atom. The third kappa shape index (κ3) is 2.98. The molecule has 0 amide bonds. The van der Waals surface area contributed by atoms with E-state index in [-0.39, 0.29) is 5.56 Å². The number of hydrogen-bond acceptors (Lipinski definition) is 5. The van der Waals surface area contributed by atoms with Crippen molar-refractivity contribution >= 4 is 17.5 Å². The number of hydrogen-bond donors (Lipinski definition) is 1. The third-order valence-electron chi connectivity index (χ3n) is 3.23. The number of nitrogens with zero attached hydrogens (tertiary/aromatic N) is 3. The first-order chi connectivity index (χ1) is 9.09. The van der Waals surface area contributed by atoms with Crippen LogP contribution in [0.25, 0.3) is 0 Å². The Labute approximate surface area is 110 Å². The van der Waals surface area contributed by atoms with E-state index in [1.807, 2.05) is 4.90 Å². The van der Waals surface area contributed by atoms with Crippen LogP contribution in [0.4, 0.5) is 11.5 Å². The Kier molecular flexibility index (Phi) is 3.94. The molecule has 0 atom stereocenters. The van der Waals surface area contributed by atoms with Crippen LogP contribution in [0, 0.1) is 10.1 Å². The minimum atomic E-state index is -1.16. The SMILES string of the molecule is O=C(O)c1cc([N+](=O)[O-])ncc1N1CCCCCC1. The lowest BCUT2D eigenvalue weighted by Gasteiger charge is -2.22. The van der Waals surface area contributed by atoms with E-state index in [2.05, 4.69) is 4.98 Å². The van der Waals surface area contributed by atoms with Gasteiger partial charge in [-0.3, -0.25) is 0 Å². The van der Waals surface area contributed by atoms with Gasteiger partial charge in [0, 0.05) is 13.1 Å². The van der Waals surface area contributed by atoms with E-state index < -0.39 is 16.7 Å². The van der Waals surface area contributed by atoms with Crippen LogP contribution in [-0.2, 0) is 0 Å². The zero-order chi connectivity index (χ0) is 13.8. The fraction of sp³-hybridized carbons (Fsp3) is 0.500. The molecule has 7 heteroatoms. The maximum absolute atomic E-state index is 11.2. The van der Waals surface area contributed by atoms with Crippen LogP contribution in [-0.4, -0.2) is 34.1 Å². The van der Waals surface area contributed by atoms with E-state index in [1.165, 1.54) is 6.20 Å². The molecule has 1 aliphatic heterocycles. The summed E-state index contributed by atoms with van der Waals surface area (Å²) in [7, 11) is 0. The Balaban J connectivity index is 2.37. The van der Waals surface area contributed by atoms with E-state index in [0.717, 1.165) is 44.8 Å². The molecule has 1 aromatic heterocycles. The summed E-state index contributed by atoms with van der Waals surface area (Å²) in [6, 6.07) is 1.03. The summed E-state index contributed by atoms with van der Waals surface area (Å²) < 4.78 is 0. The largest absolute Gasteiger partial charge is 0.478 e. The average molecular weight is 265 g/mol. The molecule has 1 fully saturated rings. The lowest BCUT2D eigenvalue weighted by atomic mass is 10.2. The molecular weight excluding hydrogens is 250 g/mol. The monoisotopic (exact) mass is 265 g/mol. The highest BCUT2D eigenvalue weighted by Gasteiger charge is 2.22. The fourth-order valence-electron chi connectivity index (χ4n) is 2.27. The highest BCUT2D eigenvalue weighted by atomic mass is 16.6. The quantitative estimate of drug-likeness (QED) is 0.663. The van der Waals surface area contributed by atoms with Crippen LogP contribution in [0.3, 0.4) is 0 Å². The first-order valence-corrected chi connectivity index (χ1v) is 6.22. The molecule has 2 heterocycles. The van der Waals surface area contributed by atoms with E-state index in [9.17, 15) is 20.0 Å². The number of aromatic carboxylic acids is 1. The summed E-state index contributed by atoms with van der Waals surface area (Å²) in [5.74, 6) is -1.60. The normalized spacial score (nSPS) is 15.9. The van der Waals surface area contributed by atoms with E-state index >= 15 is 0 Å². The number of nitro groups is 1. The molecule has 0 aromatic carbocycles. The Hall–Kier alpha value is -2.18. The number of pyridine rings is 1. The van der Waals surface area contributed by atoms with Gasteiger partial charge >= 0.3 is 11.8 Å². The molecule has 0 unspecified atom stereocenters. The topological polar surface area (TPSA) is 96.6 Å². The third-order valence-corrected chi connectivity index (χ3v) is 3.23. The van der Waals surface area contributed by atoms with Gasteiger partial charge in [-0.1, -0.05) is 12.8 Å². The van der Waals surface area contributed by atoms with Crippen molar-refractivity contribution in [1.82, 2.24) is 4.98 Å². The van der Waals surface area contributed by atoms with Gasteiger partial charge in [-0.25, -0.2) is 4.79 Å². The van der Waals surface area contributed by atoms with E-state index in [0.29, 0.717) is 5.69 Å². The van der Waals surface area contributed by atoms with E-state index in [4.69, 9.17) is 0 Å². The van der Waals surface area contributed by atoms with Gasteiger partial charge in [0.05, 0.1) is 17.3 Å². The number of anilines is 1. The molecule has 102 valence electrons. The second-order valence-corrected chi connectivity index (χ2v) is 4.52. The summed E-state index contributed by atoms with van der Waals surface area (Å²) in [6.45, 7) is 1.53. The summed E-state index contributed by atoms with van der Waals surface area (Å²) in [6.07, 6.45) is 5.54. The highest BCUT2D eigenvalue weighted by Crippen LogP contribution is 2.25. The molecule has 1 saturated heterocycles. The molecule has 1 N–H and O–H groups in total. The molecule has 1 aromatic rings. The van der Waals surface area contributed by atoms with E-state index in [1.54, 1.807) is 0 Å². The summed E-state index contributed by atoms with van der Waals surface area (Å²) in [5, 5.41) is 19.9. The minimum absolute atomic E-state index is 0.0522. The maximum atomic E-state index is 11.2. The van der Waals surface area contributed by atoms with Crippen LogP contribution >= 0.6 is 0 Å². The molecule has 0 spiro atoms. The average Bonchev–Trinajstić information content (AvgIpc) is 2.66. The zero-order valence-electron chi connectivity index (χ0n) is 10.4. The molecule has 7 nitrogen and oxygen atoms in total. The Bertz CT molecular complexity index is 496. The lowest BCUT2D eigenvalue weighted by Crippen LogP contribution is -2.26. The summed E-state index contributed by atoms with van der Waals surface area (Å²) in [4.78, 5) is 26.9. The standard InChI is InChI=1S/C12H15N3O4/c16-12(17)9-7-11(15(18)19)13-8-10(9)14-5-3-1-2-4-6-14/h7-8H,1-6H2,(H,16,17). The lowest BCUT2D eigenvalue weighted by molar-refractivity contribution is -0.389. The molecule has 0 radical (unpaired) electrons. The number of carbonyl (C=O) groups is 1. The van der Waals surface area contributed by atoms with Crippen LogP contribution in [0.15, 0.2) is 12.3 Å². The summed E-state index contributed by atoms with van der Waals surface area (Å²) >= 11 is 0. The Morgan fingerprint density at radius 3 is 2.47 bits per heavy atom. The van der Waals surface area contributed by atoms with Gasteiger partial charge in [0.2, 0.25) is 0 Å². The van der Waals surface area contributed by atoms with Gasteiger partial charge in [0.1, 0.15) is 0 Å².